The summed E-state index contributed by atoms with van der Waals surface area (Å²) in [5, 5.41) is 14.1. The SMILES string of the molecule is CC(C#N)C(=O)NCCN(C)C(=O)c1ccc2c(c1)C(=O)Nc1ccccc1O2. The zero-order valence-corrected chi connectivity index (χ0v) is 16.1. The van der Waals surface area contributed by atoms with Gasteiger partial charge in [-0.1, -0.05) is 12.1 Å². The monoisotopic (exact) mass is 392 g/mol. The number of amides is 3. The molecule has 1 atom stereocenters. The van der Waals surface area contributed by atoms with E-state index in [9.17, 15) is 14.4 Å². The van der Waals surface area contributed by atoms with Crippen LogP contribution in [0, 0.1) is 17.2 Å². The molecule has 8 nitrogen and oxygen atoms in total. The molecule has 148 valence electrons. The number of fused-ring (bicyclic) bond motifs is 2. The van der Waals surface area contributed by atoms with Crippen LogP contribution in [-0.2, 0) is 4.79 Å². The van der Waals surface area contributed by atoms with Crippen LogP contribution in [-0.4, -0.2) is 42.8 Å². The first-order valence-electron chi connectivity index (χ1n) is 9.05. The lowest BCUT2D eigenvalue weighted by Crippen LogP contribution is -2.37. The molecule has 2 N–H and O–H groups in total. The molecule has 0 radical (unpaired) electrons. The number of rotatable bonds is 5. The van der Waals surface area contributed by atoms with E-state index in [2.05, 4.69) is 10.6 Å². The number of ether oxygens (including phenoxy) is 1. The van der Waals surface area contributed by atoms with E-state index < -0.39 is 5.92 Å². The van der Waals surface area contributed by atoms with Crippen molar-refractivity contribution in [2.24, 2.45) is 5.92 Å². The number of likely N-dealkylation sites (N-methyl/N-ethyl adjacent to an activating group) is 1. The topological polar surface area (TPSA) is 112 Å². The van der Waals surface area contributed by atoms with Crippen molar-refractivity contribution in [2.75, 3.05) is 25.5 Å². The molecular weight excluding hydrogens is 372 g/mol. The number of carbonyl (C=O) groups excluding carboxylic acids is 3. The van der Waals surface area contributed by atoms with Crippen molar-refractivity contribution >= 4 is 23.4 Å². The predicted molar refractivity (Wildman–Crippen MR) is 106 cm³/mol. The van der Waals surface area contributed by atoms with E-state index in [1.54, 1.807) is 43.4 Å². The van der Waals surface area contributed by atoms with E-state index >= 15 is 0 Å². The summed E-state index contributed by atoms with van der Waals surface area (Å²) < 4.78 is 5.81. The zero-order valence-electron chi connectivity index (χ0n) is 16.1. The minimum Gasteiger partial charge on any atom is -0.454 e. The fourth-order valence-electron chi connectivity index (χ4n) is 2.78. The molecule has 29 heavy (non-hydrogen) atoms. The molecule has 0 spiro atoms. The Balaban J connectivity index is 1.70. The lowest BCUT2D eigenvalue weighted by molar-refractivity contribution is -0.122. The highest BCUT2D eigenvalue weighted by atomic mass is 16.5. The number of para-hydroxylation sites is 2. The number of benzene rings is 2. The van der Waals surface area contributed by atoms with Crippen molar-refractivity contribution in [3.63, 3.8) is 0 Å². The van der Waals surface area contributed by atoms with Gasteiger partial charge in [0.1, 0.15) is 11.7 Å². The minimum absolute atomic E-state index is 0.219. The van der Waals surface area contributed by atoms with Gasteiger partial charge in [-0.3, -0.25) is 14.4 Å². The number of nitrogens with zero attached hydrogens (tertiary/aromatic N) is 2. The summed E-state index contributed by atoms with van der Waals surface area (Å²) in [7, 11) is 1.60. The first-order valence-corrected chi connectivity index (χ1v) is 9.05. The first-order chi connectivity index (χ1) is 13.9. The Hall–Kier alpha value is -3.86. The molecule has 3 rings (SSSR count). The standard InChI is InChI=1S/C21H20N4O4/c1-13(12-22)19(26)23-9-10-25(2)21(28)14-7-8-17-15(11-14)20(27)24-16-5-3-4-6-18(16)29-17/h3-8,11,13H,9-10H2,1-2H3,(H,23,26)(H,24,27). The van der Waals surface area contributed by atoms with E-state index in [0.717, 1.165) is 0 Å². The number of nitriles is 1. The molecule has 0 bridgehead atoms. The maximum Gasteiger partial charge on any atom is 0.259 e. The summed E-state index contributed by atoms with van der Waals surface area (Å²) in [6, 6.07) is 13.6. The summed E-state index contributed by atoms with van der Waals surface area (Å²) in [6.45, 7) is 1.98. The number of nitrogens with one attached hydrogen (secondary N) is 2. The van der Waals surface area contributed by atoms with Gasteiger partial charge in [-0.05, 0) is 37.3 Å². The highest BCUT2D eigenvalue weighted by Gasteiger charge is 2.23. The Morgan fingerprint density at radius 3 is 2.76 bits per heavy atom. The average Bonchev–Trinajstić information content (AvgIpc) is 2.87. The minimum atomic E-state index is -0.747. The van der Waals surface area contributed by atoms with Crippen LogP contribution in [0.5, 0.6) is 11.5 Å². The molecule has 0 aromatic heterocycles. The smallest absolute Gasteiger partial charge is 0.259 e. The Morgan fingerprint density at radius 2 is 2.00 bits per heavy atom. The molecule has 1 aliphatic rings. The summed E-state index contributed by atoms with van der Waals surface area (Å²) in [4.78, 5) is 38.3. The van der Waals surface area contributed by atoms with Crippen molar-refractivity contribution < 1.29 is 19.1 Å². The second-order valence-corrected chi connectivity index (χ2v) is 6.63. The summed E-state index contributed by atoms with van der Waals surface area (Å²) in [6.07, 6.45) is 0. The van der Waals surface area contributed by atoms with Crippen LogP contribution in [0.25, 0.3) is 0 Å². The second kappa shape index (κ2) is 8.44. The second-order valence-electron chi connectivity index (χ2n) is 6.63. The zero-order chi connectivity index (χ0) is 21.0. The highest BCUT2D eigenvalue weighted by molar-refractivity contribution is 6.09. The highest BCUT2D eigenvalue weighted by Crippen LogP contribution is 2.35. The van der Waals surface area contributed by atoms with E-state index in [0.29, 0.717) is 22.7 Å². The molecule has 1 heterocycles. The lowest BCUT2D eigenvalue weighted by Gasteiger charge is -2.18. The van der Waals surface area contributed by atoms with Crippen LogP contribution < -0.4 is 15.4 Å². The summed E-state index contributed by atoms with van der Waals surface area (Å²) in [5.41, 5.74) is 1.14. The Labute approximate surface area is 168 Å². The third-order valence-electron chi connectivity index (χ3n) is 4.51. The number of hydrogen-bond donors (Lipinski definition) is 2. The van der Waals surface area contributed by atoms with Crippen LogP contribution in [0.1, 0.15) is 27.6 Å². The van der Waals surface area contributed by atoms with Gasteiger partial charge < -0.3 is 20.3 Å². The van der Waals surface area contributed by atoms with Crippen molar-refractivity contribution in [1.29, 1.82) is 5.26 Å². The fraction of sp³-hybridized carbons (Fsp3) is 0.238. The van der Waals surface area contributed by atoms with Gasteiger partial charge in [0.05, 0.1) is 17.3 Å². The maximum atomic E-state index is 12.7. The molecule has 3 amide bonds. The van der Waals surface area contributed by atoms with E-state index in [4.69, 9.17) is 10.00 Å². The fourth-order valence-corrected chi connectivity index (χ4v) is 2.78. The third kappa shape index (κ3) is 4.35. The van der Waals surface area contributed by atoms with Gasteiger partial charge in [0.25, 0.3) is 11.8 Å². The van der Waals surface area contributed by atoms with Crippen LogP contribution in [0.3, 0.4) is 0 Å². The number of carbonyl (C=O) groups is 3. The van der Waals surface area contributed by atoms with Gasteiger partial charge >= 0.3 is 0 Å². The summed E-state index contributed by atoms with van der Waals surface area (Å²) >= 11 is 0. The van der Waals surface area contributed by atoms with Gasteiger partial charge in [-0.25, -0.2) is 0 Å². The normalized spacial score (nSPS) is 12.8. The molecule has 2 aromatic carbocycles. The molecule has 0 aliphatic carbocycles. The van der Waals surface area contributed by atoms with E-state index in [-0.39, 0.29) is 36.4 Å². The average molecular weight is 392 g/mol. The summed E-state index contributed by atoms with van der Waals surface area (Å²) in [5.74, 6) is -0.900. The molecule has 1 unspecified atom stereocenters. The quantitative estimate of drug-likeness (QED) is 0.812. The lowest BCUT2D eigenvalue weighted by atomic mass is 10.1. The van der Waals surface area contributed by atoms with Crippen LogP contribution >= 0.6 is 0 Å². The number of anilines is 1. The molecule has 1 aliphatic heterocycles. The van der Waals surface area contributed by atoms with Gasteiger partial charge in [0.2, 0.25) is 5.91 Å². The van der Waals surface area contributed by atoms with Crippen molar-refractivity contribution in [3.05, 3.63) is 53.6 Å². The largest absolute Gasteiger partial charge is 0.454 e. The molecule has 0 saturated heterocycles. The predicted octanol–water partition coefficient (Wildman–Crippen LogP) is 2.39. The molecule has 0 saturated carbocycles. The Bertz CT molecular complexity index is 1010. The van der Waals surface area contributed by atoms with E-state index in [1.807, 2.05) is 6.07 Å². The first kappa shape index (κ1) is 19.9. The van der Waals surface area contributed by atoms with Crippen LogP contribution in [0.15, 0.2) is 42.5 Å². The number of hydrogen-bond acceptors (Lipinski definition) is 5. The van der Waals surface area contributed by atoms with Gasteiger partial charge in [-0.2, -0.15) is 5.26 Å². The third-order valence-corrected chi connectivity index (χ3v) is 4.51. The molecule has 8 heteroatoms. The van der Waals surface area contributed by atoms with Crippen molar-refractivity contribution in [1.82, 2.24) is 10.2 Å². The Kier molecular flexibility index (Phi) is 5.79. The van der Waals surface area contributed by atoms with Gasteiger partial charge in [0, 0.05) is 25.7 Å². The van der Waals surface area contributed by atoms with Gasteiger partial charge in [0.15, 0.2) is 5.75 Å². The molecule has 2 aromatic rings. The van der Waals surface area contributed by atoms with Gasteiger partial charge in [-0.15, -0.1) is 0 Å². The molecule has 0 fully saturated rings. The van der Waals surface area contributed by atoms with Crippen molar-refractivity contribution in [2.45, 2.75) is 6.92 Å². The molecular formula is C21H20N4O4. The van der Waals surface area contributed by atoms with Crippen LogP contribution in [0.2, 0.25) is 0 Å². The maximum absolute atomic E-state index is 12.7. The van der Waals surface area contributed by atoms with E-state index in [1.165, 1.54) is 17.9 Å². The van der Waals surface area contributed by atoms with Crippen LogP contribution in [0.4, 0.5) is 5.69 Å². The Morgan fingerprint density at radius 1 is 1.24 bits per heavy atom. The van der Waals surface area contributed by atoms with Crippen molar-refractivity contribution in [3.8, 4) is 17.6 Å².